The summed E-state index contributed by atoms with van der Waals surface area (Å²) in [6.07, 6.45) is 0. The molecule has 0 fully saturated rings. The van der Waals surface area contributed by atoms with E-state index >= 15 is 0 Å². The highest BCUT2D eigenvalue weighted by Gasteiger charge is 2.19. The van der Waals surface area contributed by atoms with Gasteiger partial charge in [-0.15, -0.1) is 0 Å². The summed E-state index contributed by atoms with van der Waals surface area (Å²) in [6.45, 7) is 1.74. The van der Waals surface area contributed by atoms with E-state index in [1.165, 1.54) is 25.3 Å². The third kappa shape index (κ3) is 5.05. The van der Waals surface area contributed by atoms with Crippen LogP contribution >= 0.6 is 23.2 Å². The van der Waals surface area contributed by atoms with Gasteiger partial charge in [-0.2, -0.15) is 0 Å². The van der Waals surface area contributed by atoms with E-state index in [1.807, 2.05) is 6.07 Å². The van der Waals surface area contributed by atoms with Crippen LogP contribution < -0.4 is 14.8 Å². The number of hydrogen-bond acceptors (Lipinski definition) is 4. The average Bonchev–Trinajstić information content (AvgIpc) is 2.69. The van der Waals surface area contributed by atoms with Gasteiger partial charge in [0, 0.05) is 27.4 Å². The quantitative estimate of drug-likeness (QED) is 0.513. The van der Waals surface area contributed by atoms with Crippen molar-refractivity contribution in [3.05, 3.63) is 81.8 Å². The van der Waals surface area contributed by atoms with Crippen LogP contribution in [0.5, 0.6) is 5.75 Å². The van der Waals surface area contributed by atoms with Crippen molar-refractivity contribution in [2.75, 3.05) is 17.1 Å². The molecule has 0 aliphatic rings. The van der Waals surface area contributed by atoms with Crippen LogP contribution in [-0.2, 0) is 10.0 Å². The van der Waals surface area contributed by atoms with Crippen LogP contribution in [0.25, 0.3) is 0 Å². The van der Waals surface area contributed by atoms with Crippen LogP contribution in [-0.4, -0.2) is 21.4 Å². The second kappa shape index (κ2) is 8.95. The standard InChI is InChI=1S/C21H18Cl2N2O4S/c1-13-8-19(25-30(27,28)17-10-15(22)9-16(23)11-17)20(29-2)12-18(13)24-21(26)14-6-4-3-5-7-14/h3-12,25H,1-2H3,(H,24,26). The maximum Gasteiger partial charge on any atom is 0.262 e. The van der Waals surface area contributed by atoms with Gasteiger partial charge in [-0.3, -0.25) is 9.52 Å². The molecule has 1 amide bonds. The van der Waals surface area contributed by atoms with Crippen molar-refractivity contribution in [3.8, 4) is 5.75 Å². The zero-order valence-corrected chi connectivity index (χ0v) is 18.4. The number of sulfonamides is 1. The predicted molar refractivity (Wildman–Crippen MR) is 119 cm³/mol. The highest BCUT2D eigenvalue weighted by atomic mass is 35.5. The lowest BCUT2D eigenvalue weighted by atomic mass is 10.1. The van der Waals surface area contributed by atoms with Gasteiger partial charge in [0.05, 0.1) is 17.7 Å². The van der Waals surface area contributed by atoms with Crippen LogP contribution in [0.3, 0.4) is 0 Å². The highest BCUT2D eigenvalue weighted by molar-refractivity contribution is 7.92. The summed E-state index contributed by atoms with van der Waals surface area (Å²) in [6, 6.07) is 15.9. The fraction of sp³-hybridized carbons (Fsp3) is 0.0952. The monoisotopic (exact) mass is 464 g/mol. The molecule has 6 nitrogen and oxygen atoms in total. The first-order chi connectivity index (χ1) is 14.2. The van der Waals surface area contributed by atoms with Gasteiger partial charge >= 0.3 is 0 Å². The minimum absolute atomic E-state index is 0.0823. The third-order valence-electron chi connectivity index (χ3n) is 4.22. The summed E-state index contributed by atoms with van der Waals surface area (Å²) in [7, 11) is -2.57. The van der Waals surface area contributed by atoms with Gasteiger partial charge in [-0.25, -0.2) is 8.42 Å². The SMILES string of the molecule is COc1cc(NC(=O)c2ccccc2)c(C)cc1NS(=O)(=O)c1cc(Cl)cc(Cl)c1. The fourth-order valence-corrected chi connectivity index (χ4v) is 4.53. The molecule has 3 aromatic carbocycles. The lowest BCUT2D eigenvalue weighted by molar-refractivity contribution is 0.102. The molecule has 0 atom stereocenters. The largest absolute Gasteiger partial charge is 0.494 e. The Kier molecular flexibility index (Phi) is 6.55. The number of aryl methyl sites for hydroxylation is 1. The van der Waals surface area contributed by atoms with Gasteiger partial charge in [0.25, 0.3) is 15.9 Å². The first-order valence-electron chi connectivity index (χ1n) is 8.73. The van der Waals surface area contributed by atoms with Gasteiger partial charge in [-0.1, -0.05) is 41.4 Å². The van der Waals surface area contributed by atoms with E-state index in [0.29, 0.717) is 16.8 Å². The fourth-order valence-electron chi connectivity index (χ4n) is 2.74. The van der Waals surface area contributed by atoms with E-state index < -0.39 is 10.0 Å². The molecule has 0 aliphatic heterocycles. The molecule has 0 aromatic heterocycles. The molecule has 0 spiro atoms. The Morgan fingerprint density at radius 3 is 2.17 bits per heavy atom. The molecular formula is C21H18Cl2N2O4S. The average molecular weight is 465 g/mol. The Morgan fingerprint density at radius 2 is 1.57 bits per heavy atom. The number of methoxy groups -OCH3 is 1. The molecular weight excluding hydrogens is 447 g/mol. The molecule has 0 aliphatic carbocycles. The number of nitrogens with one attached hydrogen (secondary N) is 2. The summed E-state index contributed by atoms with van der Waals surface area (Å²) < 4.78 is 33.4. The number of anilines is 2. The number of carbonyl (C=O) groups excluding carboxylic acids is 1. The molecule has 0 radical (unpaired) electrons. The molecule has 2 N–H and O–H groups in total. The summed E-state index contributed by atoms with van der Waals surface area (Å²) in [5.74, 6) is -0.0525. The first-order valence-corrected chi connectivity index (χ1v) is 11.0. The van der Waals surface area contributed by atoms with E-state index in [1.54, 1.807) is 43.3 Å². The number of hydrogen-bond donors (Lipinski definition) is 2. The van der Waals surface area contributed by atoms with Crippen molar-refractivity contribution in [1.29, 1.82) is 0 Å². The minimum atomic E-state index is -3.97. The second-order valence-corrected chi connectivity index (χ2v) is 8.95. The lowest BCUT2D eigenvalue weighted by Gasteiger charge is -2.16. The van der Waals surface area contributed by atoms with E-state index in [4.69, 9.17) is 27.9 Å². The third-order valence-corrected chi connectivity index (χ3v) is 6.00. The molecule has 0 saturated heterocycles. The second-order valence-electron chi connectivity index (χ2n) is 6.40. The van der Waals surface area contributed by atoms with E-state index in [0.717, 1.165) is 0 Å². The number of rotatable bonds is 6. The topological polar surface area (TPSA) is 84.5 Å². The van der Waals surface area contributed by atoms with Gasteiger partial charge in [0.15, 0.2) is 0 Å². The number of ether oxygens (including phenoxy) is 1. The van der Waals surface area contributed by atoms with Crippen LogP contribution in [0.15, 0.2) is 65.6 Å². The van der Waals surface area contributed by atoms with Crippen molar-refractivity contribution < 1.29 is 17.9 Å². The Hall–Kier alpha value is -2.74. The number of carbonyl (C=O) groups is 1. The minimum Gasteiger partial charge on any atom is -0.494 e. The smallest absolute Gasteiger partial charge is 0.262 e. The van der Waals surface area contributed by atoms with Gasteiger partial charge < -0.3 is 10.1 Å². The Bertz CT molecular complexity index is 1180. The highest BCUT2D eigenvalue weighted by Crippen LogP contribution is 2.33. The molecule has 0 bridgehead atoms. The molecule has 156 valence electrons. The van der Waals surface area contributed by atoms with Gasteiger partial charge in [0.2, 0.25) is 0 Å². The van der Waals surface area contributed by atoms with Crippen LogP contribution in [0, 0.1) is 6.92 Å². The maximum absolute atomic E-state index is 12.8. The summed E-state index contributed by atoms with van der Waals surface area (Å²) in [4.78, 5) is 12.4. The summed E-state index contributed by atoms with van der Waals surface area (Å²) in [5, 5.41) is 3.20. The van der Waals surface area contributed by atoms with Crippen molar-refractivity contribution in [2.24, 2.45) is 0 Å². The Balaban J connectivity index is 1.91. The van der Waals surface area contributed by atoms with E-state index in [2.05, 4.69) is 10.0 Å². The molecule has 0 unspecified atom stereocenters. The van der Waals surface area contributed by atoms with Crippen molar-refractivity contribution in [2.45, 2.75) is 11.8 Å². The lowest BCUT2D eigenvalue weighted by Crippen LogP contribution is -2.15. The molecule has 0 heterocycles. The zero-order valence-electron chi connectivity index (χ0n) is 16.1. The Morgan fingerprint density at radius 1 is 0.933 bits per heavy atom. The molecule has 30 heavy (non-hydrogen) atoms. The normalized spacial score (nSPS) is 11.1. The zero-order chi connectivity index (χ0) is 21.9. The molecule has 9 heteroatoms. The van der Waals surface area contributed by atoms with Crippen molar-refractivity contribution in [1.82, 2.24) is 0 Å². The molecule has 3 rings (SSSR count). The van der Waals surface area contributed by atoms with Gasteiger partial charge in [-0.05, 0) is 48.9 Å². The van der Waals surface area contributed by atoms with Crippen molar-refractivity contribution >= 4 is 50.5 Å². The number of benzene rings is 3. The number of amides is 1. The summed E-state index contributed by atoms with van der Waals surface area (Å²) in [5.41, 5.74) is 1.85. The first kappa shape index (κ1) is 22.0. The molecule has 0 saturated carbocycles. The maximum atomic E-state index is 12.8. The summed E-state index contributed by atoms with van der Waals surface area (Å²) >= 11 is 11.8. The van der Waals surface area contributed by atoms with Crippen LogP contribution in [0.1, 0.15) is 15.9 Å². The Labute approximate surface area is 184 Å². The van der Waals surface area contributed by atoms with Crippen LogP contribution in [0.4, 0.5) is 11.4 Å². The van der Waals surface area contributed by atoms with Crippen molar-refractivity contribution in [3.63, 3.8) is 0 Å². The van der Waals surface area contributed by atoms with Gasteiger partial charge in [0.1, 0.15) is 5.75 Å². The molecule has 3 aromatic rings. The van der Waals surface area contributed by atoms with Crippen LogP contribution in [0.2, 0.25) is 10.0 Å². The number of halogens is 2. The van der Waals surface area contributed by atoms with E-state index in [-0.39, 0.29) is 32.3 Å². The van der Waals surface area contributed by atoms with E-state index in [9.17, 15) is 13.2 Å². The predicted octanol–water partition coefficient (Wildman–Crippen LogP) is 5.36.